The molecule has 5 heteroatoms. The lowest BCUT2D eigenvalue weighted by atomic mass is 9.90. The van der Waals surface area contributed by atoms with Gasteiger partial charge in [-0.05, 0) is 41.3 Å². The molecule has 0 spiro atoms. The van der Waals surface area contributed by atoms with E-state index < -0.39 is 0 Å². The predicted octanol–water partition coefficient (Wildman–Crippen LogP) is 5.10. The topological polar surface area (TPSA) is 57.8 Å². The first kappa shape index (κ1) is 19.2. The summed E-state index contributed by atoms with van der Waals surface area (Å²) in [4.78, 5) is 19.9. The number of hydrogen-bond acceptors (Lipinski definition) is 2. The first-order valence-electron chi connectivity index (χ1n) is 9.68. The lowest BCUT2D eigenvalue weighted by molar-refractivity contribution is -0.121. The Balaban J connectivity index is 1.53. The number of amides is 1. The Kier molecular flexibility index (Phi) is 5.92. The summed E-state index contributed by atoms with van der Waals surface area (Å²) in [6.45, 7) is 0.484. The van der Waals surface area contributed by atoms with Crippen LogP contribution in [0.25, 0.3) is 10.9 Å². The van der Waals surface area contributed by atoms with Crippen LogP contribution in [-0.4, -0.2) is 22.4 Å². The average molecular weight is 404 g/mol. The Labute approximate surface area is 174 Å². The number of carbonyl (C=O) groups excluding carboxylic acids is 1. The molecule has 1 atom stereocenters. The molecule has 4 nitrogen and oxygen atoms in total. The molecule has 29 heavy (non-hydrogen) atoms. The van der Waals surface area contributed by atoms with Gasteiger partial charge in [-0.3, -0.25) is 9.78 Å². The molecule has 0 aliphatic heterocycles. The molecule has 4 rings (SSSR count). The summed E-state index contributed by atoms with van der Waals surface area (Å²) in [7, 11) is 0. The molecular weight excluding hydrogens is 382 g/mol. The molecule has 0 aliphatic carbocycles. The van der Waals surface area contributed by atoms with Crippen molar-refractivity contribution in [3.05, 3.63) is 101 Å². The van der Waals surface area contributed by atoms with Gasteiger partial charge in [0, 0.05) is 53.4 Å². The van der Waals surface area contributed by atoms with Crippen molar-refractivity contribution < 1.29 is 4.79 Å². The number of rotatable bonds is 7. The fourth-order valence-electron chi connectivity index (χ4n) is 3.64. The number of nitrogens with one attached hydrogen (secondary N) is 2. The lowest BCUT2D eigenvalue weighted by Gasteiger charge is -2.19. The number of benzene rings is 2. The molecule has 0 fully saturated rings. The average Bonchev–Trinajstić information content (AvgIpc) is 3.18. The number of aromatic nitrogens is 2. The van der Waals surface area contributed by atoms with Gasteiger partial charge in [0.1, 0.15) is 0 Å². The lowest BCUT2D eigenvalue weighted by Crippen LogP contribution is -2.29. The van der Waals surface area contributed by atoms with E-state index >= 15 is 0 Å². The van der Waals surface area contributed by atoms with E-state index in [9.17, 15) is 4.79 Å². The van der Waals surface area contributed by atoms with E-state index in [4.69, 9.17) is 11.6 Å². The number of aromatic amines is 1. The molecule has 1 unspecified atom stereocenters. The Morgan fingerprint density at radius 1 is 1.03 bits per heavy atom. The van der Waals surface area contributed by atoms with E-state index in [1.165, 1.54) is 0 Å². The zero-order valence-corrected chi connectivity index (χ0v) is 16.7. The predicted molar refractivity (Wildman–Crippen MR) is 117 cm³/mol. The van der Waals surface area contributed by atoms with Gasteiger partial charge in [0.15, 0.2) is 0 Å². The highest BCUT2D eigenvalue weighted by Crippen LogP contribution is 2.34. The minimum Gasteiger partial charge on any atom is -0.361 e. The van der Waals surface area contributed by atoms with Gasteiger partial charge in [-0.2, -0.15) is 0 Å². The molecule has 0 saturated heterocycles. The van der Waals surface area contributed by atoms with Gasteiger partial charge in [0.2, 0.25) is 5.91 Å². The number of H-pyrrole nitrogens is 1. The third-order valence-corrected chi connectivity index (χ3v) is 5.49. The molecule has 2 aromatic carbocycles. The van der Waals surface area contributed by atoms with Gasteiger partial charge in [-0.25, -0.2) is 0 Å². The Hall–Kier alpha value is -3.11. The maximum absolute atomic E-state index is 12.5. The van der Waals surface area contributed by atoms with Crippen LogP contribution in [0, 0.1) is 0 Å². The summed E-state index contributed by atoms with van der Waals surface area (Å²) in [6, 6.07) is 19.9. The van der Waals surface area contributed by atoms with Gasteiger partial charge in [-0.15, -0.1) is 0 Å². The van der Waals surface area contributed by atoms with Crippen LogP contribution in [-0.2, 0) is 11.2 Å². The van der Waals surface area contributed by atoms with Crippen molar-refractivity contribution in [2.45, 2.75) is 18.8 Å². The minimum absolute atomic E-state index is 0.0192. The summed E-state index contributed by atoms with van der Waals surface area (Å²) < 4.78 is 0. The Bertz CT molecular complexity index is 1110. The first-order valence-corrected chi connectivity index (χ1v) is 10.1. The van der Waals surface area contributed by atoms with Crippen molar-refractivity contribution >= 4 is 28.4 Å². The Morgan fingerprint density at radius 2 is 1.86 bits per heavy atom. The highest BCUT2D eigenvalue weighted by Gasteiger charge is 2.21. The number of aryl methyl sites for hydroxylation is 1. The highest BCUT2D eigenvalue weighted by molar-refractivity contribution is 6.31. The molecule has 146 valence electrons. The summed E-state index contributed by atoms with van der Waals surface area (Å²) in [5.41, 5.74) is 4.26. The molecular formula is C24H22ClN3O. The van der Waals surface area contributed by atoms with Crippen molar-refractivity contribution in [3.8, 4) is 0 Å². The second-order valence-electron chi connectivity index (χ2n) is 7.03. The Morgan fingerprint density at radius 3 is 2.69 bits per heavy atom. The van der Waals surface area contributed by atoms with E-state index in [1.807, 2.05) is 54.7 Å². The van der Waals surface area contributed by atoms with Crippen LogP contribution in [0.1, 0.15) is 29.0 Å². The van der Waals surface area contributed by atoms with Gasteiger partial charge in [-0.1, -0.05) is 54.1 Å². The van der Waals surface area contributed by atoms with Crippen molar-refractivity contribution in [3.63, 3.8) is 0 Å². The third kappa shape index (κ3) is 4.49. The molecule has 1 amide bonds. The number of carbonyl (C=O) groups is 1. The molecule has 0 bridgehead atoms. The monoisotopic (exact) mass is 403 g/mol. The first-order chi connectivity index (χ1) is 14.2. The second-order valence-corrected chi connectivity index (χ2v) is 7.44. The maximum atomic E-state index is 12.5. The fourth-order valence-corrected chi connectivity index (χ4v) is 3.90. The number of pyridine rings is 1. The van der Waals surface area contributed by atoms with E-state index in [2.05, 4.69) is 27.4 Å². The minimum atomic E-state index is -0.0396. The van der Waals surface area contributed by atoms with Crippen LogP contribution in [0.4, 0.5) is 0 Å². The number of nitrogens with zero attached hydrogens (tertiary/aromatic N) is 1. The fraction of sp³-hybridized carbons (Fsp3) is 0.167. The third-order valence-electron chi connectivity index (χ3n) is 5.14. The van der Waals surface area contributed by atoms with Crippen LogP contribution < -0.4 is 5.32 Å². The molecule has 0 saturated carbocycles. The summed E-state index contributed by atoms with van der Waals surface area (Å²) >= 11 is 6.51. The number of para-hydroxylation sites is 1. The van der Waals surface area contributed by atoms with Crippen molar-refractivity contribution in [1.29, 1.82) is 0 Å². The van der Waals surface area contributed by atoms with Crippen LogP contribution in [0.3, 0.4) is 0 Å². The zero-order chi connectivity index (χ0) is 20.1. The zero-order valence-electron chi connectivity index (χ0n) is 15.9. The summed E-state index contributed by atoms with van der Waals surface area (Å²) in [6.07, 6.45) is 6.64. The smallest absolute Gasteiger partial charge is 0.220 e. The number of fused-ring (bicyclic) bond motifs is 1. The molecule has 2 heterocycles. The SMILES string of the molecule is O=C(CCc1cccnc1)NCC(c1ccccc1Cl)c1c[nH]c2ccccc12. The maximum Gasteiger partial charge on any atom is 0.220 e. The van der Waals surface area contributed by atoms with Crippen LogP contribution in [0.5, 0.6) is 0 Å². The van der Waals surface area contributed by atoms with E-state index in [0.717, 1.165) is 27.6 Å². The molecule has 2 aromatic heterocycles. The standard InChI is InChI=1S/C24H22ClN3O/c25-22-9-3-1-7-18(22)20(21-15-27-23-10-4-2-8-19(21)23)16-28-24(29)12-11-17-6-5-13-26-14-17/h1-10,13-15,20,27H,11-12,16H2,(H,28,29). The van der Waals surface area contributed by atoms with Crippen molar-refractivity contribution in [2.75, 3.05) is 6.54 Å². The van der Waals surface area contributed by atoms with Gasteiger partial charge in [0.05, 0.1) is 0 Å². The highest BCUT2D eigenvalue weighted by atomic mass is 35.5. The largest absolute Gasteiger partial charge is 0.361 e. The molecule has 2 N–H and O–H groups in total. The normalized spacial score (nSPS) is 12.0. The van der Waals surface area contributed by atoms with Crippen LogP contribution in [0.2, 0.25) is 5.02 Å². The number of hydrogen-bond donors (Lipinski definition) is 2. The van der Waals surface area contributed by atoms with Crippen molar-refractivity contribution in [1.82, 2.24) is 15.3 Å². The van der Waals surface area contributed by atoms with Crippen LogP contribution >= 0.6 is 11.6 Å². The summed E-state index contributed by atoms with van der Waals surface area (Å²) in [5.74, 6) is -0.0204. The van der Waals surface area contributed by atoms with Crippen molar-refractivity contribution in [2.24, 2.45) is 0 Å². The van der Waals surface area contributed by atoms with E-state index in [0.29, 0.717) is 24.4 Å². The van der Waals surface area contributed by atoms with Crippen LogP contribution in [0.15, 0.2) is 79.3 Å². The van der Waals surface area contributed by atoms with Gasteiger partial charge < -0.3 is 10.3 Å². The van der Waals surface area contributed by atoms with Gasteiger partial charge in [0.25, 0.3) is 0 Å². The summed E-state index contributed by atoms with van der Waals surface area (Å²) in [5, 5.41) is 4.94. The van der Waals surface area contributed by atoms with Gasteiger partial charge >= 0.3 is 0 Å². The quantitative estimate of drug-likeness (QED) is 0.451. The number of halogens is 1. The molecule has 0 radical (unpaired) electrons. The molecule has 0 aliphatic rings. The second kappa shape index (κ2) is 8.93. The molecule has 4 aromatic rings. The van der Waals surface area contributed by atoms with E-state index in [-0.39, 0.29) is 11.8 Å². The van der Waals surface area contributed by atoms with E-state index in [1.54, 1.807) is 12.4 Å².